The Bertz CT molecular complexity index is 560. The number of hydrogen-bond donors (Lipinski definition) is 1. The third-order valence-corrected chi connectivity index (χ3v) is 3.49. The predicted octanol–water partition coefficient (Wildman–Crippen LogP) is 2.86. The van der Waals surface area contributed by atoms with Gasteiger partial charge in [-0.3, -0.25) is 9.35 Å². The molecule has 0 amide bonds. The van der Waals surface area contributed by atoms with Gasteiger partial charge in [0.25, 0.3) is 0 Å². The lowest BCUT2D eigenvalue weighted by atomic mass is 9.94. The Labute approximate surface area is 146 Å². The standard InChI is InChI=1S/C18H22O2.H3NO2S/c1-14(12-15-4-8-17(19-2)9-5-15)13-16-6-10-18(20-3)11-7-16;1-4(2)3/h4-11,14H,12-13H2,1-3H3;1H2,(H,2,3)/p-1. The van der Waals surface area contributed by atoms with Crippen LogP contribution in [0.1, 0.15) is 18.1 Å². The monoisotopic (exact) mass is 350 g/mol. The first-order chi connectivity index (χ1) is 11.4. The van der Waals surface area contributed by atoms with Gasteiger partial charge in [-0.1, -0.05) is 31.2 Å². The maximum absolute atomic E-state index is 8.78. The zero-order valence-electron chi connectivity index (χ0n) is 14.2. The number of methoxy groups -OCH3 is 2. The minimum Gasteiger partial charge on any atom is -0.760 e. The Kier molecular flexibility index (Phi) is 9.07. The highest BCUT2D eigenvalue weighted by atomic mass is 32.2. The molecule has 6 heteroatoms. The van der Waals surface area contributed by atoms with Crippen LogP contribution in [0.5, 0.6) is 11.5 Å². The van der Waals surface area contributed by atoms with E-state index in [0.717, 1.165) is 24.3 Å². The minimum absolute atomic E-state index is 0.608. The van der Waals surface area contributed by atoms with Gasteiger partial charge < -0.3 is 14.0 Å². The van der Waals surface area contributed by atoms with Crippen LogP contribution >= 0.6 is 0 Å². The molecular formula is C18H24NO4S-. The smallest absolute Gasteiger partial charge is 0.118 e. The second-order valence-electron chi connectivity index (χ2n) is 5.47. The molecule has 0 fully saturated rings. The van der Waals surface area contributed by atoms with Gasteiger partial charge in [0.15, 0.2) is 0 Å². The summed E-state index contributed by atoms with van der Waals surface area (Å²) in [4.78, 5) is 0. The van der Waals surface area contributed by atoms with Gasteiger partial charge >= 0.3 is 0 Å². The van der Waals surface area contributed by atoms with E-state index in [-0.39, 0.29) is 0 Å². The summed E-state index contributed by atoms with van der Waals surface area (Å²) in [7, 11) is 3.39. The summed E-state index contributed by atoms with van der Waals surface area (Å²) in [5.74, 6) is 2.44. The van der Waals surface area contributed by atoms with E-state index in [4.69, 9.17) is 18.2 Å². The molecule has 0 aliphatic carbocycles. The van der Waals surface area contributed by atoms with E-state index in [1.54, 1.807) is 14.2 Å². The number of rotatable bonds is 6. The molecule has 0 aliphatic rings. The Hall–Kier alpha value is -1.89. The van der Waals surface area contributed by atoms with Crippen LogP contribution in [0.15, 0.2) is 48.5 Å². The molecule has 0 spiro atoms. The Morgan fingerprint density at radius 2 is 1.21 bits per heavy atom. The molecule has 5 nitrogen and oxygen atoms in total. The van der Waals surface area contributed by atoms with Crippen molar-refractivity contribution in [2.45, 2.75) is 19.8 Å². The first-order valence-electron chi connectivity index (χ1n) is 7.54. The summed E-state index contributed by atoms with van der Waals surface area (Å²) in [6, 6.07) is 16.7. The van der Waals surface area contributed by atoms with Gasteiger partial charge in [-0.05, 0) is 54.2 Å². The van der Waals surface area contributed by atoms with Crippen molar-refractivity contribution in [3.63, 3.8) is 0 Å². The van der Waals surface area contributed by atoms with Crippen molar-refractivity contribution >= 4 is 11.3 Å². The number of nitrogens with two attached hydrogens (primary N) is 1. The summed E-state index contributed by atoms with van der Waals surface area (Å²) in [5, 5.41) is 4.03. The normalized spacial score (nSPS) is 11.4. The topological polar surface area (TPSA) is 84.6 Å². The van der Waals surface area contributed by atoms with Gasteiger partial charge in [0.05, 0.1) is 14.2 Å². The van der Waals surface area contributed by atoms with Crippen LogP contribution in [0.2, 0.25) is 0 Å². The van der Waals surface area contributed by atoms with Gasteiger partial charge in [-0.2, -0.15) is 0 Å². The van der Waals surface area contributed by atoms with E-state index in [0.29, 0.717) is 5.92 Å². The predicted molar refractivity (Wildman–Crippen MR) is 95.7 cm³/mol. The van der Waals surface area contributed by atoms with Crippen molar-refractivity contribution in [3.05, 3.63) is 59.7 Å². The molecule has 0 heterocycles. The third kappa shape index (κ3) is 8.10. The molecule has 2 aromatic rings. The molecule has 0 saturated carbocycles. The lowest BCUT2D eigenvalue weighted by Gasteiger charge is -2.12. The van der Waals surface area contributed by atoms with Crippen LogP contribution < -0.4 is 14.6 Å². The molecule has 2 aromatic carbocycles. The van der Waals surface area contributed by atoms with Crippen molar-refractivity contribution in [1.82, 2.24) is 0 Å². The largest absolute Gasteiger partial charge is 0.760 e. The summed E-state index contributed by atoms with van der Waals surface area (Å²) in [6.45, 7) is 2.29. The van der Waals surface area contributed by atoms with Crippen LogP contribution in [-0.4, -0.2) is 23.0 Å². The number of hydrogen-bond acceptors (Lipinski definition) is 4. The molecule has 1 atom stereocenters. The summed E-state index contributed by atoms with van der Waals surface area (Å²) in [6.07, 6.45) is 2.16. The molecule has 1 unspecified atom stereocenters. The van der Waals surface area contributed by atoms with E-state index < -0.39 is 11.3 Å². The lowest BCUT2D eigenvalue weighted by molar-refractivity contribution is 0.414. The van der Waals surface area contributed by atoms with E-state index in [1.165, 1.54) is 11.1 Å². The lowest BCUT2D eigenvalue weighted by Crippen LogP contribution is -2.04. The van der Waals surface area contributed by atoms with Crippen molar-refractivity contribution < 1.29 is 18.2 Å². The fourth-order valence-corrected chi connectivity index (χ4v) is 2.40. The minimum atomic E-state index is -2.36. The zero-order chi connectivity index (χ0) is 17.9. The second-order valence-corrected chi connectivity index (χ2v) is 5.99. The Morgan fingerprint density at radius 1 is 0.917 bits per heavy atom. The molecule has 0 aliphatic heterocycles. The maximum atomic E-state index is 8.78. The SMILES string of the molecule is COc1ccc(CC(C)Cc2ccc(OC)cc2)cc1.NS(=O)[O-]. The summed E-state index contributed by atoms with van der Waals surface area (Å²) < 4.78 is 27.9. The Balaban J connectivity index is 0.000000648. The highest BCUT2D eigenvalue weighted by Crippen LogP contribution is 2.19. The molecule has 0 aromatic heterocycles. The van der Waals surface area contributed by atoms with Crippen molar-refractivity contribution in [3.8, 4) is 11.5 Å². The highest BCUT2D eigenvalue weighted by Gasteiger charge is 2.06. The fraction of sp³-hybridized carbons (Fsp3) is 0.333. The van der Waals surface area contributed by atoms with Gasteiger partial charge in [-0.25, -0.2) is 0 Å². The maximum Gasteiger partial charge on any atom is 0.118 e. The number of ether oxygens (including phenoxy) is 2. The van der Waals surface area contributed by atoms with Gasteiger partial charge in [0.1, 0.15) is 11.5 Å². The first-order valence-corrected chi connectivity index (χ1v) is 8.68. The molecule has 0 radical (unpaired) electrons. The molecule has 2 N–H and O–H groups in total. The molecule has 24 heavy (non-hydrogen) atoms. The van der Waals surface area contributed by atoms with Gasteiger partial charge in [-0.15, -0.1) is 0 Å². The molecular weight excluding hydrogens is 326 g/mol. The van der Waals surface area contributed by atoms with Crippen molar-refractivity contribution in [1.29, 1.82) is 0 Å². The molecule has 2 rings (SSSR count). The van der Waals surface area contributed by atoms with Gasteiger partial charge in [0.2, 0.25) is 0 Å². The van der Waals surface area contributed by atoms with Crippen molar-refractivity contribution in [2.24, 2.45) is 11.1 Å². The first kappa shape index (κ1) is 20.2. The number of benzene rings is 2. The van der Waals surface area contributed by atoms with Crippen LogP contribution in [0.3, 0.4) is 0 Å². The molecule has 132 valence electrons. The average Bonchev–Trinajstić information content (AvgIpc) is 2.55. The summed E-state index contributed by atoms with van der Waals surface area (Å²) in [5.41, 5.74) is 2.71. The van der Waals surface area contributed by atoms with E-state index in [9.17, 15) is 0 Å². The van der Waals surface area contributed by atoms with Crippen LogP contribution in [0.25, 0.3) is 0 Å². The van der Waals surface area contributed by atoms with Crippen molar-refractivity contribution in [2.75, 3.05) is 14.2 Å². The Morgan fingerprint density at radius 3 is 1.46 bits per heavy atom. The van der Waals surface area contributed by atoms with E-state index in [2.05, 4.69) is 36.3 Å². The van der Waals surface area contributed by atoms with E-state index in [1.807, 2.05) is 24.3 Å². The quantitative estimate of drug-likeness (QED) is 0.812. The van der Waals surface area contributed by atoms with E-state index >= 15 is 0 Å². The summed E-state index contributed by atoms with van der Waals surface area (Å²) >= 11 is -2.36. The highest BCUT2D eigenvalue weighted by molar-refractivity contribution is 7.76. The van der Waals surface area contributed by atoms with Crippen LogP contribution in [-0.2, 0) is 24.1 Å². The zero-order valence-corrected chi connectivity index (χ0v) is 15.0. The van der Waals surface area contributed by atoms with Gasteiger partial charge in [0, 0.05) is 11.3 Å². The molecule has 0 saturated heterocycles. The fourth-order valence-electron chi connectivity index (χ4n) is 2.40. The second kappa shape index (κ2) is 10.8. The van der Waals surface area contributed by atoms with Crippen LogP contribution in [0, 0.1) is 5.92 Å². The average molecular weight is 350 g/mol. The third-order valence-electron chi connectivity index (χ3n) is 3.49. The molecule has 0 bridgehead atoms. The van der Waals surface area contributed by atoms with Crippen LogP contribution in [0.4, 0.5) is 0 Å².